The van der Waals surface area contributed by atoms with Gasteiger partial charge in [0.05, 0.1) is 0 Å². The molecule has 1 aliphatic rings. The monoisotopic (exact) mass is 268 g/mol. The first-order valence-electron chi connectivity index (χ1n) is 7.94. The predicted molar refractivity (Wildman–Crippen MR) is 84.7 cm³/mol. The molecular formula is C18H24N2. The van der Waals surface area contributed by atoms with Crippen LogP contribution < -0.4 is 5.32 Å². The minimum Gasteiger partial charge on any atom is -0.310 e. The van der Waals surface area contributed by atoms with Crippen molar-refractivity contribution in [2.45, 2.75) is 45.1 Å². The van der Waals surface area contributed by atoms with Gasteiger partial charge in [0.2, 0.25) is 0 Å². The summed E-state index contributed by atoms with van der Waals surface area (Å²) < 4.78 is 0. The van der Waals surface area contributed by atoms with Gasteiger partial charge in [0.25, 0.3) is 0 Å². The third-order valence-electron chi connectivity index (χ3n) is 4.59. The van der Waals surface area contributed by atoms with Crippen molar-refractivity contribution >= 4 is 10.8 Å². The van der Waals surface area contributed by atoms with Crippen LogP contribution in [0, 0.1) is 5.92 Å². The second-order valence-electron chi connectivity index (χ2n) is 5.94. The molecule has 1 unspecified atom stereocenters. The summed E-state index contributed by atoms with van der Waals surface area (Å²) in [5.74, 6) is 0.894. The molecule has 1 saturated carbocycles. The van der Waals surface area contributed by atoms with Crippen LogP contribution in [-0.4, -0.2) is 11.5 Å². The Bertz CT molecular complexity index is 553. The van der Waals surface area contributed by atoms with E-state index in [0.29, 0.717) is 6.04 Å². The van der Waals surface area contributed by atoms with E-state index >= 15 is 0 Å². The number of hydrogen-bond acceptors (Lipinski definition) is 2. The first-order chi connectivity index (χ1) is 9.88. The molecule has 1 N–H and O–H groups in total. The van der Waals surface area contributed by atoms with E-state index in [0.717, 1.165) is 12.5 Å². The molecule has 0 saturated heterocycles. The molecule has 1 fully saturated rings. The van der Waals surface area contributed by atoms with Gasteiger partial charge in [-0.2, -0.15) is 0 Å². The number of hydrogen-bond donors (Lipinski definition) is 1. The Morgan fingerprint density at radius 2 is 2.10 bits per heavy atom. The van der Waals surface area contributed by atoms with Crippen molar-refractivity contribution in [3.8, 4) is 0 Å². The minimum absolute atomic E-state index is 0.469. The van der Waals surface area contributed by atoms with E-state index < -0.39 is 0 Å². The SMILES string of the molecule is CCNC(CC1CCCC1)c1cccc2ccncc12. The van der Waals surface area contributed by atoms with E-state index in [-0.39, 0.29) is 0 Å². The molecule has 1 aromatic heterocycles. The number of nitrogens with zero attached hydrogens (tertiary/aromatic N) is 1. The standard InChI is InChI=1S/C18H24N2/c1-2-20-18(12-14-6-3-4-7-14)16-9-5-8-15-10-11-19-13-17(15)16/h5,8-11,13-14,18,20H,2-4,6-7,12H2,1H3. The van der Waals surface area contributed by atoms with Crippen LogP contribution in [0.5, 0.6) is 0 Å². The summed E-state index contributed by atoms with van der Waals surface area (Å²) in [4.78, 5) is 4.32. The molecule has 2 nitrogen and oxygen atoms in total. The highest BCUT2D eigenvalue weighted by molar-refractivity contribution is 5.85. The lowest BCUT2D eigenvalue weighted by Crippen LogP contribution is -2.23. The topological polar surface area (TPSA) is 24.9 Å². The summed E-state index contributed by atoms with van der Waals surface area (Å²) in [5, 5.41) is 6.29. The second kappa shape index (κ2) is 6.36. The second-order valence-corrected chi connectivity index (χ2v) is 5.94. The van der Waals surface area contributed by atoms with Crippen LogP contribution in [0.3, 0.4) is 0 Å². The van der Waals surface area contributed by atoms with Gasteiger partial charge in [0.1, 0.15) is 0 Å². The molecule has 2 aromatic rings. The van der Waals surface area contributed by atoms with E-state index in [1.165, 1.54) is 48.4 Å². The van der Waals surface area contributed by atoms with Crippen LogP contribution >= 0.6 is 0 Å². The molecule has 0 bridgehead atoms. The smallest absolute Gasteiger partial charge is 0.0349 e. The summed E-state index contributed by atoms with van der Waals surface area (Å²) in [6.07, 6.45) is 10.8. The van der Waals surface area contributed by atoms with Crippen molar-refractivity contribution in [3.05, 3.63) is 42.2 Å². The van der Waals surface area contributed by atoms with Crippen LogP contribution in [0.1, 0.15) is 50.6 Å². The van der Waals surface area contributed by atoms with Crippen molar-refractivity contribution < 1.29 is 0 Å². The number of fused-ring (bicyclic) bond motifs is 1. The van der Waals surface area contributed by atoms with Gasteiger partial charge in [0.15, 0.2) is 0 Å². The van der Waals surface area contributed by atoms with Crippen LogP contribution in [0.4, 0.5) is 0 Å². The molecule has 20 heavy (non-hydrogen) atoms. The van der Waals surface area contributed by atoms with Crippen LogP contribution in [0.2, 0.25) is 0 Å². The number of aromatic nitrogens is 1. The van der Waals surface area contributed by atoms with Gasteiger partial charge in [-0.15, -0.1) is 0 Å². The maximum absolute atomic E-state index is 4.32. The predicted octanol–water partition coefficient (Wildman–Crippen LogP) is 4.47. The van der Waals surface area contributed by atoms with Gasteiger partial charge < -0.3 is 5.32 Å². The van der Waals surface area contributed by atoms with Crippen LogP contribution in [-0.2, 0) is 0 Å². The van der Waals surface area contributed by atoms with Crippen molar-refractivity contribution in [2.75, 3.05) is 6.54 Å². The third kappa shape index (κ3) is 2.85. The Balaban J connectivity index is 1.91. The van der Waals surface area contributed by atoms with E-state index in [1.807, 2.05) is 12.4 Å². The van der Waals surface area contributed by atoms with E-state index in [4.69, 9.17) is 0 Å². The van der Waals surface area contributed by atoms with Gasteiger partial charge in [-0.05, 0) is 35.9 Å². The Kier molecular flexibility index (Phi) is 4.31. The van der Waals surface area contributed by atoms with Gasteiger partial charge in [-0.1, -0.05) is 50.8 Å². The minimum atomic E-state index is 0.469. The van der Waals surface area contributed by atoms with Crippen LogP contribution in [0.15, 0.2) is 36.7 Å². The zero-order valence-electron chi connectivity index (χ0n) is 12.3. The van der Waals surface area contributed by atoms with Crippen molar-refractivity contribution in [2.24, 2.45) is 5.92 Å². The van der Waals surface area contributed by atoms with Crippen LogP contribution in [0.25, 0.3) is 10.8 Å². The van der Waals surface area contributed by atoms with Crippen molar-refractivity contribution in [1.82, 2.24) is 10.3 Å². The first kappa shape index (κ1) is 13.6. The quantitative estimate of drug-likeness (QED) is 0.865. The number of pyridine rings is 1. The maximum Gasteiger partial charge on any atom is 0.0349 e. The lowest BCUT2D eigenvalue weighted by Gasteiger charge is -2.23. The van der Waals surface area contributed by atoms with Gasteiger partial charge in [-0.3, -0.25) is 4.98 Å². The first-order valence-corrected chi connectivity index (χ1v) is 7.94. The molecule has 106 valence electrons. The molecule has 1 heterocycles. The highest BCUT2D eigenvalue weighted by Crippen LogP contribution is 2.34. The lowest BCUT2D eigenvalue weighted by atomic mass is 9.91. The van der Waals surface area contributed by atoms with Gasteiger partial charge >= 0.3 is 0 Å². The fourth-order valence-electron chi connectivity index (χ4n) is 3.59. The molecular weight excluding hydrogens is 244 g/mol. The zero-order chi connectivity index (χ0) is 13.8. The molecule has 0 amide bonds. The highest BCUT2D eigenvalue weighted by atomic mass is 14.9. The van der Waals surface area contributed by atoms with E-state index in [2.05, 4.69) is 41.5 Å². The normalized spacial score (nSPS) is 17.6. The van der Waals surface area contributed by atoms with E-state index in [9.17, 15) is 0 Å². The third-order valence-corrected chi connectivity index (χ3v) is 4.59. The maximum atomic E-state index is 4.32. The van der Waals surface area contributed by atoms with Gasteiger partial charge in [0, 0.05) is 23.8 Å². The Morgan fingerprint density at radius 1 is 1.25 bits per heavy atom. The average molecular weight is 268 g/mol. The molecule has 0 radical (unpaired) electrons. The number of benzene rings is 1. The van der Waals surface area contributed by atoms with Crippen molar-refractivity contribution in [3.63, 3.8) is 0 Å². The average Bonchev–Trinajstić information content (AvgIpc) is 2.99. The van der Waals surface area contributed by atoms with Crippen molar-refractivity contribution in [1.29, 1.82) is 0 Å². The van der Waals surface area contributed by atoms with E-state index in [1.54, 1.807) is 0 Å². The summed E-state index contributed by atoms with van der Waals surface area (Å²) in [6.45, 7) is 3.22. The fourth-order valence-corrected chi connectivity index (χ4v) is 3.59. The number of nitrogens with one attached hydrogen (secondary N) is 1. The van der Waals surface area contributed by atoms with Gasteiger partial charge in [-0.25, -0.2) is 0 Å². The highest BCUT2D eigenvalue weighted by Gasteiger charge is 2.21. The molecule has 3 rings (SSSR count). The Morgan fingerprint density at radius 3 is 2.90 bits per heavy atom. The molecule has 1 atom stereocenters. The summed E-state index contributed by atoms with van der Waals surface area (Å²) >= 11 is 0. The fraction of sp³-hybridized carbons (Fsp3) is 0.500. The number of rotatable bonds is 5. The molecule has 0 spiro atoms. The summed E-state index contributed by atoms with van der Waals surface area (Å²) in [5.41, 5.74) is 1.42. The molecule has 2 heteroatoms. The lowest BCUT2D eigenvalue weighted by molar-refractivity contribution is 0.402. The molecule has 1 aliphatic carbocycles. The summed E-state index contributed by atoms with van der Waals surface area (Å²) in [6, 6.07) is 9.20. The molecule has 0 aliphatic heterocycles. The zero-order valence-corrected chi connectivity index (χ0v) is 12.3. The largest absolute Gasteiger partial charge is 0.310 e. The molecule has 1 aromatic carbocycles. The summed E-state index contributed by atoms with van der Waals surface area (Å²) in [7, 11) is 0. The Hall–Kier alpha value is -1.41. The Labute approximate surface area is 121 Å².